The fourth-order valence-electron chi connectivity index (χ4n) is 2.08. The van der Waals surface area contributed by atoms with Crippen LogP contribution in [0.1, 0.15) is 61.9 Å². The Balaban J connectivity index is 2.45. The molecule has 0 aliphatic heterocycles. The second kappa shape index (κ2) is 7.82. The van der Waals surface area contributed by atoms with Gasteiger partial charge < -0.3 is 10.4 Å². The number of aryl methyl sites for hydroxylation is 1. The van der Waals surface area contributed by atoms with E-state index in [0.717, 1.165) is 18.4 Å². The number of rotatable bonds is 7. The van der Waals surface area contributed by atoms with Crippen molar-refractivity contribution >= 4 is 5.91 Å². The van der Waals surface area contributed by atoms with E-state index in [2.05, 4.69) is 12.2 Å². The van der Waals surface area contributed by atoms with Crippen LogP contribution in [0.4, 0.5) is 0 Å². The van der Waals surface area contributed by atoms with Gasteiger partial charge in [-0.25, -0.2) is 0 Å². The summed E-state index contributed by atoms with van der Waals surface area (Å²) < 4.78 is 0. The van der Waals surface area contributed by atoms with Crippen LogP contribution >= 0.6 is 0 Å². The van der Waals surface area contributed by atoms with E-state index in [0.29, 0.717) is 5.56 Å². The van der Waals surface area contributed by atoms with Crippen molar-refractivity contribution in [2.75, 3.05) is 0 Å². The Hall–Kier alpha value is -1.51. The number of phenols is 1. The van der Waals surface area contributed by atoms with Crippen LogP contribution in [0.25, 0.3) is 0 Å². The molecular formula is C16H25NO2. The number of aromatic hydroxyl groups is 1. The predicted octanol–water partition coefficient (Wildman–Crippen LogP) is 3.79. The fraction of sp³-hybridized carbons (Fsp3) is 0.562. The summed E-state index contributed by atoms with van der Waals surface area (Å²) in [6.07, 6.45) is 5.80. The number of benzene rings is 1. The first kappa shape index (κ1) is 15.5. The Morgan fingerprint density at radius 2 is 2.05 bits per heavy atom. The molecule has 0 spiro atoms. The number of carbonyl (C=O) groups excluding carboxylic acids is 1. The third-order valence-corrected chi connectivity index (χ3v) is 3.27. The highest BCUT2D eigenvalue weighted by Gasteiger charge is 2.13. The molecule has 0 aliphatic rings. The van der Waals surface area contributed by atoms with E-state index in [1.165, 1.54) is 19.3 Å². The first-order valence-corrected chi connectivity index (χ1v) is 7.15. The molecule has 0 aliphatic carbocycles. The van der Waals surface area contributed by atoms with Gasteiger partial charge in [-0.15, -0.1) is 0 Å². The van der Waals surface area contributed by atoms with Gasteiger partial charge in [-0.05, 0) is 38.0 Å². The average Bonchev–Trinajstić information content (AvgIpc) is 2.34. The summed E-state index contributed by atoms with van der Waals surface area (Å²) in [5.74, 6) is -0.142. The lowest BCUT2D eigenvalue weighted by atomic mass is 10.1. The molecule has 0 bridgehead atoms. The monoisotopic (exact) mass is 263 g/mol. The van der Waals surface area contributed by atoms with Gasteiger partial charge >= 0.3 is 0 Å². The second-order valence-electron chi connectivity index (χ2n) is 5.24. The molecule has 3 heteroatoms. The standard InChI is InChI=1S/C16H25NO2/c1-4-5-6-7-8-13(3)17-16(19)14-10-9-12(2)11-15(14)18/h9-11,13,18H,4-8H2,1-3H3,(H,17,19). The van der Waals surface area contributed by atoms with Crippen molar-refractivity contribution in [1.29, 1.82) is 0 Å². The summed E-state index contributed by atoms with van der Waals surface area (Å²) in [6, 6.07) is 5.26. The Bertz CT molecular complexity index is 415. The normalized spacial score (nSPS) is 12.2. The molecule has 1 atom stereocenters. The van der Waals surface area contributed by atoms with E-state index >= 15 is 0 Å². The number of nitrogens with one attached hydrogen (secondary N) is 1. The molecule has 0 radical (unpaired) electrons. The van der Waals surface area contributed by atoms with Crippen LogP contribution in [0, 0.1) is 6.92 Å². The highest BCUT2D eigenvalue weighted by molar-refractivity contribution is 5.97. The number of amides is 1. The van der Waals surface area contributed by atoms with Crippen molar-refractivity contribution < 1.29 is 9.90 Å². The Morgan fingerprint density at radius 3 is 2.68 bits per heavy atom. The molecule has 1 aromatic rings. The Kier molecular flexibility index (Phi) is 6.40. The number of unbranched alkanes of at least 4 members (excludes halogenated alkanes) is 3. The number of hydrogen-bond acceptors (Lipinski definition) is 2. The lowest BCUT2D eigenvalue weighted by molar-refractivity contribution is 0.0935. The van der Waals surface area contributed by atoms with E-state index in [4.69, 9.17) is 0 Å². The molecule has 0 heterocycles. The number of phenolic OH excluding ortho intramolecular Hbond substituents is 1. The smallest absolute Gasteiger partial charge is 0.255 e. The molecule has 19 heavy (non-hydrogen) atoms. The summed E-state index contributed by atoms with van der Waals surface area (Å²) >= 11 is 0. The highest BCUT2D eigenvalue weighted by atomic mass is 16.3. The molecule has 1 rings (SSSR count). The predicted molar refractivity (Wildman–Crippen MR) is 78.5 cm³/mol. The molecule has 106 valence electrons. The molecule has 3 nitrogen and oxygen atoms in total. The average molecular weight is 263 g/mol. The Morgan fingerprint density at radius 1 is 1.32 bits per heavy atom. The first-order chi connectivity index (χ1) is 9.04. The molecule has 0 saturated carbocycles. The van der Waals surface area contributed by atoms with Crippen molar-refractivity contribution in [2.24, 2.45) is 0 Å². The molecule has 0 saturated heterocycles. The van der Waals surface area contributed by atoms with Gasteiger partial charge in [0.25, 0.3) is 5.91 Å². The van der Waals surface area contributed by atoms with Crippen LogP contribution in [0.5, 0.6) is 5.75 Å². The van der Waals surface area contributed by atoms with Crippen LogP contribution < -0.4 is 5.32 Å². The minimum Gasteiger partial charge on any atom is -0.507 e. The van der Waals surface area contributed by atoms with Gasteiger partial charge in [0.05, 0.1) is 5.56 Å². The lowest BCUT2D eigenvalue weighted by Crippen LogP contribution is -2.32. The number of carbonyl (C=O) groups is 1. The van der Waals surface area contributed by atoms with Crippen molar-refractivity contribution in [2.45, 2.75) is 58.9 Å². The molecule has 1 amide bonds. The van der Waals surface area contributed by atoms with Gasteiger partial charge in [-0.2, -0.15) is 0 Å². The van der Waals surface area contributed by atoms with Gasteiger partial charge in [0.15, 0.2) is 0 Å². The SMILES string of the molecule is CCCCCCC(C)NC(=O)c1ccc(C)cc1O. The van der Waals surface area contributed by atoms with E-state index in [1.54, 1.807) is 12.1 Å². The van der Waals surface area contributed by atoms with Gasteiger partial charge in [-0.1, -0.05) is 38.7 Å². The van der Waals surface area contributed by atoms with Gasteiger partial charge in [0.2, 0.25) is 0 Å². The van der Waals surface area contributed by atoms with E-state index < -0.39 is 0 Å². The maximum atomic E-state index is 12.0. The van der Waals surface area contributed by atoms with Crippen LogP contribution in [-0.2, 0) is 0 Å². The number of hydrogen-bond donors (Lipinski definition) is 2. The molecule has 1 aromatic carbocycles. The summed E-state index contributed by atoms with van der Waals surface area (Å²) in [6.45, 7) is 6.08. The summed E-state index contributed by atoms with van der Waals surface area (Å²) in [5.41, 5.74) is 1.30. The van der Waals surface area contributed by atoms with Crippen molar-refractivity contribution in [3.8, 4) is 5.75 Å². The van der Waals surface area contributed by atoms with Crippen LogP contribution in [0.15, 0.2) is 18.2 Å². The van der Waals surface area contributed by atoms with E-state index in [1.807, 2.05) is 19.9 Å². The van der Waals surface area contributed by atoms with E-state index in [-0.39, 0.29) is 17.7 Å². The van der Waals surface area contributed by atoms with Crippen molar-refractivity contribution in [3.63, 3.8) is 0 Å². The lowest BCUT2D eigenvalue weighted by Gasteiger charge is -2.14. The fourth-order valence-corrected chi connectivity index (χ4v) is 2.08. The minimum absolute atomic E-state index is 0.0516. The molecule has 1 unspecified atom stereocenters. The molecule has 0 aromatic heterocycles. The van der Waals surface area contributed by atoms with Crippen molar-refractivity contribution in [1.82, 2.24) is 5.32 Å². The summed E-state index contributed by atoms with van der Waals surface area (Å²) in [4.78, 5) is 12.0. The zero-order valence-corrected chi connectivity index (χ0v) is 12.2. The largest absolute Gasteiger partial charge is 0.507 e. The van der Waals surface area contributed by atoms with Gasteiger partial charge in [0, 0.05) is 6.04 Å². The Labute approximate surface area is 116 Å². The zero-order valence-electron chi connectivity index (χ0n) is 12.2. The second-order valence-corrected chi connectivity index (χ2v) is 5.24. The maximum absolute atomic E-state index is 12.0. The molecule has 2 N–H and O–H groups in total. The van der Waals surface area contributed by atoms with Crippen molar-refractivity contribution in [3.05, 3.63) is 29.3 Å². The van der Waals surface area contributed by atoms with Gasteiger partial charge in [0.1, 0.15) is 5.75 Å². The summed E-state index contributed by atoms with van der Waals surface area (Å²) in [5, 5.41) is 12.7. The van der Waals surface area contributed by atoms with Gasteiger partial charge in [-0.3, -0.25) is 4.79 Å². The first-order valence-electron chi connectivity index (χ1n) is 7.15. The van der Waals surface area contributed by atoms with Crippen LogP contribution in [0.3, 0.4) is 0 Å². The quantitative estimate of drug-likeness (QED) is 0.735. The molecular weight excluding hydrogens is 238 g/mol. The van der Waals surface area contributed by atoms with Crippen LogP contribution in [0.2, 0.25) is 0 Å². The third-order valence-electron chi connectivity index (χ3n) is 3.27. The van der Waals surface area contributed by atoms with Crippen LogP contribution in [-0.4, -0.2) is 17.1 Å². The summed E-state index contributed by atoms with van der Waals surface area (Å²) in [7, 11) is 0. The maximum Gasteiger partial charge on any atom is 0.255 e. The van der Waals surface area contributed by atoms with E-state index in [9.17, 15) is 9.90 Å². The highest BCUT2D eigenvalue weighted by Crippen LogP contribution is 2.18. The molecule has 0 fully saturated rings. The minimum atomic E-state index is -0.194. The zero-order chi connectivity index (χ0) is 14.3. The third kappa shape index (κ3) is 5.33. The topological polar surface area (TPSA) is 49.3 Å².